The molecule has 0 saturated heterocycles. The minimum atomic E-state index is -1.00. The molecule has 2 fully saturated rings. The Hall–Kier alpha value is -2.78. The highest BCUT2D eigenvalue weighted by atomic mass is 32.1. The Morgan fingerprint density at radius 3 is 2.24 bits per heavy atom. The van der Waals surface area contributed by atoms with Crippen molar-refractivity contribution < 1.29 is 19.4 Å². The van der Waals surface area contributed by atoms with Crippen molar-refractivity contribution in [3.63, 3.8) is 0 Å². The van der Waals surface area contributed by atoms with E-state index in [4.69, 9.17) is 4.74 Å². The zero-order chi connectivity index (χ0) is 26.6. The molecule has 2 aromatic rings. The van der Waals surface area contributed by atoms with Gasteiger partial charge in [-0.15, -0.1) is 11.3 Å². The van der Waals surface area contributed by atoms with Crippen molar-refractivity contribution in [1.29, 1.82) is 0 Å². The van der Waals surface area contributed by atoms with Gasteiger partial charge in [-0.2, -0.15) is 0 Å². The Morgan fingerprint density at radius 1 is 1.00 bits per heavy atom. The van der Waals surface area contributed by atoms with Gasteiger partial charge in [-0.1, -0.05) is 37.0 Å². The zero-order valence-electron chi connectivity index (χ0n) is 22.5. The van der Waals surface area contributed by atoms with E-state index >= 15 is 0 Å². The number of amides is 1. The first-order valence-corrected chi connectivity index (χ1v) is 14.4. The normalized spacial score (nSPS) is 24.0. The molecule has 0 bridgehead atoms. The molecule has 1 aromatic heterocycles. The SMILES string of the molecule is CC(C)(C)C#Cc1cc(N(C(=O)[C@H]2CC[C@H](C)CC2)[C@H]2CC[C@@H](Oc3ccccc3)CC2)c(C(=O)O)s1. The van der Waals surface area contributed by atoms with Crippen molar-refractivity contribution in [3.8, 4) is 17.6 Å². The number of aromatic carboxylic acids is 1. The fraction of sp³-hybridized carbons (Fsp3) is 0.548. The van der Waals surface area contributed by atoms with Gasteiger partial charge in [-0.25, -0.2) is 4.79 Å². The minimum Gasteiger partial charge on any atom is -0.490 e. The summed E-state index contributed by atoms with van der Waals surface area (Å²) in [6.45, 7) is 8.33. The molecule has 0 atom stereocenters. The Labute approximate surface area is 225 Å². The second-order valence-electron chi connectivity index (χ2n) is 11.7. The molecular formula is C31H39NO4S. The fourth-order valence-corrected chi connectivity index (χ4v) is 6.18. The van der Waals surface area contributed by atoms with Crippen LogP contribution in [0.3, 0.4) is 0 Å². The quantitative estimate of drug-likeness (QED) is 0.402. The number of carbonyl (C=O) groups excluding carboxylic acids is 1. The number of carboxylic acid groups (broad SMARTS) is 1. The first-order chi connectivity index (χ1) is 17.6. The van der Waals surface area contributed by atoms with Crippen LogP contribution >= 0.6 is 11.3 Å². The predicted octanol–water partition coefficient (Wildman–Crippen LogP) is 7.39. The molecule has 0 unspecified atom stereocenters. The number of rotatable bonds is 6. The molecule has 37 heavy (non-hydrogen) atoms. The van der Waals surface area contributed by atoms with Gasteiger partial charge in [0, 0.05) is 17.4 Å². The van der Waals surface area contributed by atoms with Crippen LogP contribution in [0.4, 0.5) is 5.69 Å². The molecule has 1 N–H and O–H groups in total. The molecule has 1 heterocycles. The largest absolute Gasteiger partial charge is 0.490 e. The summed E-state index contributed by atoms with van der Waals surface area (Å²) in [6, 6.07) is 11.6. The summed E-state index contributed by atoms with van der Waals surface area (Å²) >= 11 is 1.18. The Morgan fingerprint density at radius 2 is 1.65 bits per heavy atom. The summed E-state index contributed by atoms with van der Waals surface area (Å²) in [7, 11) is 0. The van der Waals surface area contributed by atoms with Crippen molar-refractivity contribution in [2.75, 3.05) is 4.90 Å². The van der Waals surface area contributed by atoms with Crippen LogP contribution in [0, 0.1) is 29.1 Å². The number of carbonyl (C=O) groups is 2. The first-order valence-electron chi connectivity index (χ1n) is 13.6. The lowest BCUT2D eigenvalue weighted by atomic mass is 9.81. The van der Waals surface area contributed by atoms with Gasteiger partial charge in [-0.05, 0) is 96.3 Å². The lowest BCUT2D eigenvalue weighted by molar-refractivity contribution is -0.124. The van der Waals surface area contributed by atoms with Gasteiger partial charge in [0.25, 0.3) is 0 Å². The van der Waals surface area contributed by atoms with E-state index in [1.54, 1.807) is 0 Å². The molecule has 2 aliphatic carbocycles. The smallest absolute Gasteiger partial charge is 0.348 e. The number of thiophene rings is 1. The molecule has 2 saturated carbocycles. The molecular weight excluding hydrogens is 482 g/mol. The summed E-state index contributed by atoms with van der Waals surface area (Å²) in [6.07, 6.45) is 7.13. The predicted molar refractivity (Wildman–Crippen MR) is 149 cm³/mol. The van der Waals surface area contributed by atoms with Crippen LogP contribution in [0.2, 0.25) is 0 Å². The van der Waals surface area contributed by atoms with E-state index in [-0.39, 0.29) is 34.3 Å². The molecule has 198 valence electrons. The Kier molecular flexibility index (Phi) is 8.64. The van der Waals surface area contributed by atoms with Crippen LogP contribution in [-0.4, -0.2) is 29.1 Å². The lowest BCUT2D eigenvalue weighted by Crippen LogP contribution is -2.47. The molecule has 1 aromatic carbocycles. The molecule has 0 radical (unpaired) electrons. The molecule has 4 rings (SSSR count). The van der Waals surface area contributed by atoms with Crippen LogP contribution < -0.4 is 9.64 Å². The number of para-hydroxylation sites is 1. The average Bonchev–Trinajstić information content (AvgIpc) is 3.29. The molecule has 0 spiro atoms. The number of nitrogens with zero attached hydrogens (tertiary/aromatic N) is 1. The molecule has 2 aliphatic rings. The summed E-state index contributed by atoms with van der Waals surface area (Å²) in [4.78, 5) is 29.1. The van der Waals surface area contributed by atoms with Gasteiger partial charge >= 0.3 is 5.97 Å². The number of hydrogen-bond donors (Lipinski definition) is 1. The summed E-state index contributed by atoms with van der Waals surface area (Å²) in [5, 5.41) is 10.1. The van der Waals surface area contributed by atoms with Gasteiger partial charge < -0.3 is 14.7 Å². The third-order valence-corrected chi connectivity index (χ3v) is 8.41. The number of carboxylic acids is 1. The highest BCUT2D eigenvalue weighted by Crippen LogP contribution is 2.39. The van der Waals surface area contributed by atoms with Gasteiger partial charge in [0.05, 0.1) is 16.7 Å². The Balaban J connectivity index is 1.61. The van der Waals surface area contributed by atoms with Crippen LogP contribution in [0.15, 0.2) is 36.4 Å². The summed E-state index contributed by atoms with van der Waals surface area (Å²) in [5.41, 5.74) is 0.325. The van der Waals surface area contributed by atoms with Gasteiger partial charge in [-0.3, -0.25) is 4.79 Å². The van der Waals surface area contributed by atoms with E-state index in [1.165, 1.54) is 11.3 Å². The monoisotopic (exact) mass is 521 g/mol. The van der Waals surface area contributed by atoms with Crippen molar-refractivity contribution in [2.24, 2.45) is 17.3 Å². The van der Waals surface area contributed by atoms with E-state index < -0.39 is 5.97 Å². The van der Waals surface area contributed by atoms with Gasteiger partial charge in [0.15, 0.2) is 0 Å². The topological polar surface area (TPSA) is 66.8 Å². The van der Waals surface area contributed by atoms with E-state index in [0.717, 1.165) is 57.1 Å². The highest BCUT2D eigenvalue weighted by molar-refractivity contribution is 7.15. The average molecular weight is 522 g/mol. The molecule has 0 aliphatic heterocycles. The second kappa shape index (κ2) is 11.7. The maximum Gasteiger partial charge on any atom is 0.348 e. The number of benzene rings is 1. The molecule has 6 heteroatoms. The number of hydrogen-bond acceptors (Lipinski definition) is 4. The summed E-state index contributed by atoms with van der Waals surface area (Å²) < 4.78 is 6.19. The van der Waals surface area contributed by atoms with Crippen LogP contribution in [-0.2, 0) is 4.79 Å². The lowest BCUT2D eigenvalue weighted by Gasteiger charge is -2.39. The number of anilines is 1. The molecule has 5 nitrogen and oxygen atoms in total. The summed E-state index contributed by atoms with van der Waals surface area (Å²) in [5.74, 6) is 6.90. The van der Waals surface area contributed by atoms with Crippen LogP contribution in [0.5, 0.6) is 5.75 Å². The van der Waals surface area contributed by atoms with E-state index in [0.29, 0.717) is 16.5 Å². The van der Waals surface area contributed by atoms with Crippen molar-refractivity contribution in [2.45, 2.75) is 91.2 Å². The van der Waals surface area contributed by atoms with E-state index in [1.807, 2.05) is 62.1 Å². The highest BCUT2D eigenvalue weighted by Gasteiger charge is 2.37. The standard InChI is InChI=1S/C31H39NO4S/c1-21-10-12-22(13-11-21)29(33)32(23-14-16-25(17-15-23)36-24-8-6-5-7-9-24)27-20-26(18-19-31(2,3)4)37-28(27)30(34)35/h5-9,20-23,25H,10-17H2,1-4H3,(H,34,35)/t21-,22-,23-,25+. The maximum absolute atomic E-state index is 14.0. The van der Waals surface area contributed by atoms with Crippen LogP contribution in [0.25, 0.3) is 0 Å². The molecule has 1 amide bonds. The van der Waals surface area contributed by atoms with Gasteiger partial charge in [0.2, 0.25) is 5.91 Å². The third-order valence-electron chi connectivity index (χ3n) is 7.38. The van der Waals surface area contributed by atoms with E-state index in [2.05, 4.69) is 18.8 Å². The fourth-order valence-electron chi connectivity index (χ4n) is 5.34. The van der Waals surface area contributed by atoms with Crippen molar-refractivity contribution in [1.82, 2.24) is 0 Å². The third kappa shape index (κ3) is 7.17. The Bertz CT molecular complexity index is 1140. The number of ether oxygens (including phenoxy) is 1. The van der Waals surface area contributed by atoms with E-state index in [9.17, 15) is 14.7 Å². The van der Waals surface area contributed by atoms with Gasteiger partial charge in [0.1, 0.15) is 10.6 Å². The zero-order valence-corrected chi connectivity index (χ0v) is 23.3. The minimum absolute atomic E-state index is 0.0430. The first kappa shape index (κ1) is 27.3. The van der Waals surface area contributed by atoms with Crippen molar-refractivity contribution in [3.05, 3.63) is 46.2 Å². The van der Waals surface area contributed by atoms with Crippen LogP contribution in [0.1, 0.15) is 93.6 Å². The van der Waals surface area contributed by atoms with Crippen molar-refractivity contribution >= 4 is 28.9 Å². The maximum atomic E-state index is 14.0. The second-order valence-corrected chi connectivity index (χ2v) is 12.7.